The van der Waals surface area contributed by atoms with E-state index in [-0.39, 0.29) is 50.2 Å². The molecule has 1 aliphatic rings. The third-order valence-corrected chi connectivity index (χ3v) is 5.84. The van der Waals surface area contributed by atoms with E-state index in [1.807, 2.05) is 0 Å². The van der Waals surface area contributed by atoms with Crippen LogP contribution in [0.4, 0.5) is 13.2 Å². The van der Waals surface area contributed by atoms with Crippen molar-refractivity contribution in [2.24, 2.45) is 0 Å². The van der Waals surface area contributed by atoms with Crippen LogP contribution in [0.15, 0.2) is 36.4 Å². The Morgan fingerprint density at radius 1 is 1.07 bits per heavy atom. The van der Waals surface area contributed by atoms with Crippen LogP contribution in [-0.2, 0) is 17.5 Å². The molecule has 1 saturated heterocycles. The summed E-state index contributed by atoms with van der Waals surface area (Å²) >= 11 is 1.11. The molecule has 1 aromatic carbocycles. The monoisotopic (exact) mass is 424 g/mol. The maximum atomic E-state index is 12.9. The number of rotatable bonds is 4. The fourth-order valence-electron chi connectivity index (χ4n) is 3.10. The Hall–Kier alpha value is -2.68. The van der Waals surface area contributed by atoms with Gasteiger partial charge in [-0.25, -0.2) is 0 Å². The van der Waals surface area contributed by atoms with Crippen molar-refractivity contribution in [2.75, 3.05) is 19.6 Å². The van der Waals surface area contributed by atoms with Crippen LogP contribution in [0.3, 0.4) is 0 Å². The molecular formula is C20H19F3N2O3S. The molecule has 0 saturated carbocycles. The molecule has 0 N–H and O–H groups in total. The summed E-state index contributed by atoms with van der Waals surface area (Å²) in [7, 11) is 0. The number of carbonyl (C=O) groups excluding carboxylic acids is 3. The first-order chi connectivity index (χ1) is 13.6. The van der Waals surface area contributed by atoms with Gasteiger partial charge in [0.25, 0.3) is 5.91 Å². The number of nitrogens with zero attached hydrogens (tertiary/aromatic N) is 2. The summed E-state index contributed by atoms with van der Waals surface area (Å²) in [6, 6.07) is 8.09. The SMILES string of the molecule is CC(=O)c1ccc(C(=O)N2CCC(=O)N(Cc3cccc(C(F)(F)F)c3)CC2)s1. The van der Waals surface area contributed by atoms with Crippen LogP contribution in [-0.4, -0.2) is 47.0 Å². The van der Waals surface area contributed by atoms with Crippen molar-refractivity contribution in [1.82, 2.24) is 9.80 Å². The van der Waals surface area contributed by atoms with Gasteiger partial charge in [0.2, 0.25) is 5.91 Å². The molecule has 1 aliphatic heterocycles. The average Bonchev–Trinajstić information content (AvgIpc) is 3.09. The Balaban J connectivity index is 1.68. The second kappa shape index (κ2) is 8.36. The minimum absolute atomic E-state index is 0.0538. The predicted molar refractivity (Wildman–Crippen MR) is 102 cm³/mol. The van der Waals surface area contributed by atoms with E-state index in [9.17, 15) is 27.6 Å². The van der Waals surface area contributed by atoms with Crippen molar-refractivity contribution < 1.29 is 27.6 Å². The van der Waals surface area contributed by atoms with E-state index < -0.39 is 11.7 Å². The minimum atomic E-state index is -4.44. The number of Topliss-reactive ketones (excluding diaryl/α,β-unsaturated/α-hetero) is 1. The summed E-state index contributed by atoms with van der Waals surface area (Å²) in [5.74, 6) is -0.586. The minimum Gasteiger partial charge on any atom is -0.337 e. The van der Waals surface area contributed by atoms with Crippen LogP contribution in [0.2, 0.25) is 0 Å². The Morgan fingerprint density at radius 3 is 2.45 bits per heavy atom. The normalized spacial score (nSPS) is 15.4. The number of hydrogen-bond acceptors (Lipinski definition) is 4. The predicted octanol–water partition coefficient (Wildman–Crippen LogP) is 3.84. The molecule has 1 fully saturated rings. The third-order valence-electron chi connectivity index (χ3n) is 4.67. The van der Waals surface area contributed by atoms with Gasteiger partial charge in [0.1, 0.15) is 0 Å². The number of hydrogen-bond donors (Lipinski definition) is 0. The molecule has 154 valence electrons. The lowest BCUT2D eigenvalue weighted by Crippen LogP contribution is -2.35. The van der Waals surface area contributed by atoms with Crippen molar-refractivity contribution >= 4 is 28.9 Å². The summed E-state index contributed by atoms with van der Waals surface area (Å²) in [5.41, 5.74) is -0.370. The first kappa shape index (κ1) is 21.0. The van der Waals surface area contributed by atoms with Gasteiger partial charge in [-0.1, -0.05) is 12.1 Å². The number of ketones is 1. The smallest absolute Gasteiger partial charge is 0.337 e. The van der Waals surface area contributed by atoms with Gasteiger partial charge in [0, 0.05) is 32.6 Å². The van der Waals surface area contributed by atoms with Crippen LogP contribution in [0.1, 0.15) is 43.8 Å². The first-order valence-corrected chi connectivity index (χ1v) is 9.81. The molecule has 29 heavy (non-hydrogen) atoms. The van der Waals surface area contributed by atoms with Crippen molar-refractivity contribution in [3.05, 3.63) is 57.3 Å². The quantitative estimate of drug-likeness (QED) is 0.701. The standard InChI is InChI=1S/C20H19F3N2O3S/c1-13(26)16-5-6-17(29-16)19(28)24-8-7-18(27)25(10-9-24)12-14-3-2-4-15(11-14)20(21,22)23/h2-6,11H,7-10,12H2,1H3. The Labute approximate surface area is 169 Å². The summed E-state index contributed by atoms with van der Waals surface area (Å²) in [6.07, 6.45) is -4.35. The fraction of sp³-hybridized carbons (Fsp3) is 0.350. The molecule has 5 nitrogen and oxygen atoms in total. The van der Waals surface area contributed by atoms with Gasteiger partial charge in [-0.3, -0.25) is 14.4 Å². The fourth-order valence-corrected chi connectivity index (χ4v) is 3.97. The zero-order valence-corrected chi connectivity index (χ0v) is 16.5. The molecule has 3 rings (SSSR count). The van der Waals surface area contributed by atoms with Gasteiger partial charge in [0.05, 0.1) is 15.3 Å². The maximum Gasteiger partial charge on any atom is 0.416 e. The number of benzene rings is 1. The molecule has 2 aromatic rings. The summed E-state index contributed by atoms with van der Waals surface area (Å²) in [5, 5.41) is 0. The number of carbonyl (C=O) groups is 3. The molecule has 2 amide bonds. The molecule has 9 heteroatoms. The van der Waals surface area contributed by atoms with Crippen LogP contribution in [0.5, 0.6) is 0 Å². The lowest BCUT2D eigenvalue weighted by atomic mass is 10.1. The highest BCUT2D eigenvalue weighted by Crippen LogP contribution is 2.30. The van der Waals surface area contributed by atoms with E-state index in [1.165, 1.54) is 17.9 Å². The molecular weight excluding hydrogens is 405 g/mol. The van der Waals surface area contributed by atoms with Crippen molar-refractivity contribution in [3.8, 4) is 0 Å². The van der Waals surface area contributed by atoms with Crippen molar-refractivity contribution in [2.45, 2.75) is 26.1 Å². The highest BCUT2D eigenvalue weighted by atomic mass is 32.1. The van der Waals surface area contributed by atoms with E-state index in [0.717, 1.165) is 23.5 Å². The third kappa shape index (κ3) is 5.03. The van der Waals surface area contributed by atoms with Crippen LogP contribution in [0, 0.1) is 0 Å². The summed E-state index contributed by atoms with van der Waals surface area (Å²) in [4.78, 5) is 40.5. The molecule has 0 unspecified atom stereocenters. The first-order valence-electron chi connectivity index (χ1n) is 8.99. The number of halogens is 3. The number of amides is 2. The van der Waals surface area contributed by atoms with E-state index >= 15 is 0 Å². The topological polar surface area (TPSA) is 57.7 Å². The molecule has 2 heterocycles. The number of thiophene rings is 1. The average molecular weight is 424 g/mol. The van der Waals surface area contributed by atoms with Crippen LogP contribution >= 0.6 is 11.3 Å². The van der Waals surface area contributed by atoms with Gasteiger partial charge in [-0.2, -0.15) is 13.2 Å². The summed E-state index contributed by atoms with van der Waals surface area (Å²) < 4.78 is 38.7. The zero-order chi connectivity index (χ0) is 21.2. The van der Waals surface area contributed by atoms with Gasteiger partial charge < -0.3 is 9.80 Å². The number of alkyl halides is 3. The largest absolute Gasteiger partial charge is 0.416 e. The Kier molecular flexibility index (Phi) is 6.07. The van der Waals surface area contributed by atoms with Gasteiger partial charge in [-0.15, -0.1) is 11.3 Å². The highest BCUT2D eigenvalue weighted by Gasteiger charge is 2.31. The van der Waals surface area contributed by atoms with Gasteiger partial charge in [0.15, 0.2) is 5.78 Å². The van der Waals surface area contributed by atoms with Gasteiger partial charge >= 0.3 is 6.18 Å². The van der Waals surface area contributed by atoms with Crippen molar-refractivity contribution in [1.29, 1.82) is 0 Å². The lowest BCUT2D eigenvalue weighted by molar-refractivity contribution is -0.137. The second-order valence-corrected chi connectivity index (χ2v) is 7.86. The molecule has 0 aliphatic carbocycles. The molecule has 0 bridgehead atoms. The van der Waals surface area contributed by atoms with E-state index in [2.05, 4.69) is 0 Å². The van der Waals surface area contributed by atoms with Crippen LogP contribution < -0.4 is 0 Å². The van der Waals surface area contributed by atoms with Gasteiger partial charge in [-0.05, 0) is 36.8 Å². The Morgan fingerprint density at radius 2 is 1.79 bits per heavy atom. The molecule has 0 atom stereocenters. The van der Waals surface area contributed by atoms with E-state index in [0.29, 0.717) is 15.3 Å². The second-order valence-electron chi connectivity index (χ2n) is 6.78. The van der Waals surface area contributed by atoms with Crippen molar-refractivity contribution in [3.63, 3.8) is 0 Å². The van der Waals surface area contributed by atoms with E-state index in [4.69, 9.17) is 0 Å². The highest BCUT2D eigenvalue weighted by molar-refractivity contribution is 7.15. The molecule has 1 aromatic heterocycles. The van der Waals surface area contributed by atoms with E-state index in [1.54, 1.807) is 23.1 Å². The molecule has 0 radical (unpaired) electrons. The molecule has 0 spiro atoms. The lowest BCUT2D eigenvalue weighted by Gasteiger charge is -2.22. The zero-order valence-electron chi connectivity index (χ0n) is 15.7. The Bertz CT molecular complexity index is 939. The van der Waals surface area contributed by atoms with Crippen LogP contribution in [0.25, 0.3) is 0 Å². The summed E-state index contributed by atoms with van der Waals surface area (Å²) in [6.45, 7) is 2.21. The maximum absolute atomic E-state index is 12.9.